The maximum absolute atomic E-state index is 11.7. The fraction of sp³-hybridized carbons (Fsp3) is 0.375. The molecule has 1 aromatic carbocycles. The van der Waals surface area contributed by atoms with E-state index in [2.05, 4.69) is 29.8 Å². The minimum absolute atomic E-state index is 0.141. The molecule has 4 heteroatoms. The molecule has 3 rings (SSSR count). The molecule has 0 aliphatic heterocycles. The number of aromatic carboxylic acids is 1. The van der Waals surface area contributed by atoms with E-state index in [9.17, 15) is 9.90 Å². The van der Waals surface area contributed by atoms with Crippen molar-refractivity contribution in [3.8, 4) is 0 Å². The van der Waals surface area contributed by atoms with E-state index >= 15 is 0 Å². The number of nitrogens with zero attached hydrogens (tertiary/aromatic N) is 1. The number of carbonyl (C=O) groups is 1. The fourth-order valence-electron chi connectivity index (χ4n) is 2.99. The summed E-state index contributed by atoms with van der Waals surface area (Å²) in [4.78, 5) is 16.4. The SMILES string of the molecule is CC1(C)CCc2nc3cc(Br)ccc3c(C(=O)O)c2C1. The van der Waals surface area contributed by atoms with Crippen LogP contribution in [-0.2, 0) is 12.8 Å². The topological polar surface area (TPSA) is 50.2 Å². The van der Waals surface area contributed by atoms with E-state index in [0.717, 1.165) is 45.9 Å². The molecule has 0 saturated heterocycles. The molecule has 0 fully saturated rings. The number of aryl methyl sites for hydroxylation is 1. The Morgan fingerprint density at radius 3 is 2.85 bits per heavy atom. The van der Waals surface area contributed by atoms with E-state index in [-0.39, 0.29) is 5.41 Å². The lowest BCUT2D eigenvalue weighted by Gasteiger charge is -2.31. The van der Waals surface area contributed by atoms with E-state index in [0.29, 0.717) is 5.56 Å². The molecule has 2 aromatic rings. The smallest absolute Gasteiger partial charge is 0.336 e. The highest BCUT2D eigenvalue weighted by molar-refractivity contribution is 9.10. The molecule has 0 spiro atoms. The van der Waals surface area contributed by atoms with Crippen LogP contribution in [0, 0.1) is 5.41 Å². The first-order chi connectivity index (χ1) is 9.37. The van der Waals surface area contributed by atoms with E-state index in [1.807, 2.05) is 18.2 Å². The summed E-state index contributed by atoms with van der Waals surface area (Å²) >= 11 is 3.42. The zero-order valence-electron chi connectivity index (χ0n) is 11.5. The van der Waals surface area contributed by atoms with Gasteiger partial charge in [-0.1, -0.05) is 35.8 Å². The lowest BCUT2D eigenvalue weighted by atomic mass is 9.74. The third-order valence-electron chi connectivity index (χ3n) is 4.04. The van der Waals surface area contributed by atoms with Gasteiger partial charge < -0.3 is 5.11 Å². The average Bonchev–Trinajstić information content (AvgIpc) is 2.35. The van der Waals surface area contributed by atoms with Crippen molar-refractivity contribution < 1.29 is 9.90 Å². The van der Waals surface area contributed by atoms with Crippen LogP contribution < -0.4 is 0 Å². The van der Waals surface area contributed by atoms with Crippen LogP contribution >= 0.6 is 15.9 Å². The van der Waals surface area contributed by atoms with Crippen molar-refractivity contribution in [1.29, 1.82) is 0 Å². The summed E-state index contributed by atoms with van der Waals surface area (Å²) in [6.45, 7) is 4.38. The molecule has 0 saturated carbocycles. The van der Waals surface area contributed by atoms with E-state index < -0.39 is 5.97 Å². The molecule has 1 aromatic heterocycles. The molecule has 0 atom stereocenters. The highest BCUT2D eigenvalue weighted by Gasteiger charge is 2.30. The van der Waals surface area contributed by atoms with Gasteiger partial charge in [-0.25, -0.2) is 4.79 Å². The molecule has 104 valence electrons. The predicted molar refractivity (Wildman–Crippen MR) is 82.2 cm³/mol. The summed E-state index contributed by atoms with van der Waals surface area (Å²) in [5.74, 6) is -0.853. The van der Waals surface area contributed by atoms with E-state index in [1.165, 1.54) is 0 Å². The van der Waals surface area contributed by atoms with Crippen LogP contribution in [0.25, 0.3) is 10.9 Å². The predicted octanol–water partition coefficient (Wildman–Crippen LogP) is 4.21. The number of carboxylic acids is 1. The quantitative estimate of drug-likeness (QED) is 0.850. The van der Waals surface area contributed by atoms with Crippen LogP contribution in [0.2, 0.25) is 0 Å². The highest BCUT2D eigenvalue weighted by atomic mass is 79.9. The van der Waals surface area contributed by atoms with Gasteiger partial charge in [0.05, 0.1) is 11.1 Å². The molecular formula is C16H16BrNO2. The van der Waals surface area contributed by atoms with Gasteiger partial charge in [0.2, 0.25) is 0 Å². The Hall–Kier alpha value is -1.42. The Morgan fingerprint density at radius 2 is 2.15 bits per heavy atom. The largest absolute Gasteiger partial charge is 0.478 e. The molecular weight excluding hydrogens is 318 g/mol. The Labute approximate surface area is 126 Å². The lowest BCUT2D eigenvalue weighted by molar-refractivity contribution is 0.0696. The third-order valence-corrected chi connectivity index (χ3v) is 4.54. The summed E-state index contributed by atoms with van der Waals surface area (Å²) < 4.78 is 0.921. The number of fused-ring (bicyclic) bond motifs is 2. The lowest BCUT2D eigenvalue weighted by Crippen LogP contribution is -2.25. The number of carboxylic acid groups (broad SMARTS) is 1. The van der Waals surface area contributed by atoms with Crippen LogP contribution in [0.15, 0.2) is 22.7 Å². The number of hydrogen-bond donors (Lipinski definition) is 1. The zero-order valence-corrected chi connectivity index (χ0v) is 13.1. The Bertz CT molecular complexity index is 722. The highest BCUT2D eigenvalue weighted by Crippen LogP contribution is 2.38. The van der Waals surface area contributed by atoms with Crippen molar-refractivity contribution in [2.75, 3.05) is 0 Å². The van der Waals surface area contributed by atoms with E-state index in [4.69, 9.17) is 4.98 Å². The maximum atomic E-state index is 11.7. The monoisotopic (exact) mass is 333 g/mol. The second-order valence-electron chi connectivity index (χ2n) is 6.22. The first-order valence-electron chi connectivity index (χ1n) is 6.72. The summed E-state index contributed by atoms with van der Waals surface area (Å²) in [7, 11) is 0. The molecule has 1 aliphatic rings. The van der Waals surface area contributed by atoms with Crippen LogP contribution in [-0.4, -0.2) is 16.1 Å². The number of halogens is 1. The zero-order chi connectivity index (χ0) is 14.5. The number of aromatic nitrogens is 1. The summed E-state index contributed by atoms with van der Waals surface area (Å²) in [6.07, 6.45) is 2.68. The van der Waals surface area contributed by atoms with E-state index in [1.54, 1.807) is 0 Å². The minimum atomic E-state index is -0.853. The number of hydrogen-bond acceptors (Lipinski definition) is 2. The minimum Gasteiger partial charge on any atom is -0.478 e. The van der Waals surface area contributed by atoms with Crippen molar-refractivity contribution in [1.82, 2.24) is 4.98 Å². The normalized spacial score (nSPS) is 16.9. The molecule has 0 unspecified atom stereocenters. The Morgan fingerprint density at radius 1 is 1.40 bits per heavy atom. The van der Waals surface area contributed by atoms with Crippen molar-refractivity contribution >= 4 is 32.8 Å². The Balaban J connectivity index is 2.35. The van der Waals surface area contributed by atoms with Crippen molar-refractivity contribution in [2.45, 2.75) is 33.1 Å². The molecule has 0 bridgehead atoms. The van der Waals surface area contributed by atoms with Gasteiger partial charge in [-0.15, -0.1) is 0 Å². The molecule has 0 amide bonds. The van der Waals surface area contributed by atoms with Gasteiger partial charge in [0, 0.05) is 15.6 Å². The van der Waals surface area contributed by atoms with Crippen LogP contribution in [0.5, 0.6) is 0 Å². The van der Waals surface area contributed by atoms with Gasteiger partial charge in [-0.2, -0.15) is 0 Å². The second-order valence-corrected chi connectivity index (χ2v) is 7.14. The number of rotatable bonds is 1. The third kappa shape index (κ3) is 2.22. The molecule has 3 nitrogen and oxygen atoms in total. The van der Waals surface area contributed by atoms with Crippen molar-refractivity contribution in [3.63, 3.8) is 0 Å². The van der Waals surface area contributed by atoms with Gasteiger partial charge in [0.25, 0.3) is 0 Å². The van der Waals surface area contributed by atoms with Gasteiger partial charge in [-0.3, -0.25) is 4.98 Å². The second kappa shape index (κ2) is 4.55. The van der Waals surface area contributed by atoms with Crippen molar-refractivity contribution in [2.24, 2.45) is 5.41 Å². The molecule has 0 radical (unpaired) electrons. The molecule has 1 N–H and O–H groups in total. The summed E-state index contributed by atoms with van der Waals surface area (Å²) in [5.41, 5.74) is 3.21. The van der Waals surface area contributed by atoms with Gasteiger partial charge >= 0.3 is 5.97 Å². The maximum Gasteiger partial charge on any atom is 0.336 e. The first-order valence-corrected chi connectivity index (χ1v) is 7.51. The van der Waals surface area contributed by atoms with Gasteiger partial charge in [0.1, 0.15) is 0 Å². The van der Waals surface area contributed by atoms with Crippen LogP contribution in [0.4, 0.5) is 0 Å². The van der Waals surface area contributed by atoms with Gasteiger partial charge in [0.15, 0.2) is 0 Å². The first kappa shape index (κ1) is 13.6. The molecule has 1 aliphatic carbocycles. The Kier molecular flexibility index (Phi) is 3.09. The summed E-state index contributed by atoms with van der Waals surface area (Å²) in [5, 5.41) is 10.4. The number of pyridine rings is 1. The summed E-state index contributed by atoms with van der Waals surface area (Å²) in [6, 6.07) is 5.61. The van der Waals surface area contributed by atoms with Gasteiger partial charge in [-0.05, 0) is 42.4 Å². The fourth-order valence-corrected chi connectivity index (χ4v) is 3.34. The standard InChI is InChI=1S/C16H16BrNO2/c1-16(2)6-5-12-11(8-16)14(15(19)20)10-4-3-9(17)7-13(10)18-12/h3-4,7H,5-6,8H2,1-2H3,(H,19,20). The van der Waals surface area contributed by atoms with Crippen LogP contribution in [0.3, 0.4) is 0 Å². The van der Waals surface area contributed by atoms with Crippen molar-refractivity contribution in [3.05, 3.63) is 39.5 Å². The average molecular weight is 334 g/mol. The molecule has 1 heterocycles. The molecule has 20 heavy (non-hydrogen) atoms. The van der Waals surface area contributed by atoms with Crippen LogP contribution in [0.1, 0.15) is 41.9 Å². The number of benzene rings is 1.